The van der Waals surface area contributed by atoms with E-state index in [-0.39, 0.29) is 12.6 Å². The highest BCUT2D eigenvalue weighted by atomic mass is 16.5. The number of amides is 1. The van der Waals surface area contributed by atoms with Gasteiger partial charge in [0.1, 0.15) is 5.41 Å². The van der Waals surface area contributed by atoms with Crippen molar-refractivity contribution >= 4 is 29.2 Å². The third-order valence-electron chi connectivity index (χ3n) is 4.46. The second-order valence-corrected chi connectivity index (χ2v) is 6.06. The number of aliphatic imine (C=N–C) groups is 1. The number of para-hydroxylation sites is 2. The van der Waals surface area contributed by atoms with Crippen molar-refractivity contribution in [1.29, 1.82) is 0 Å². The zero-order valence-corrected chi connectivity index (χ0v) is 14.6. The molecule has 0 spiro atoms. The lowest BCUT2D eigenvalue weighted by atomic mass is 9.83. The van der Waals surface area contributed by atoms with Gasteiger partial charge >= 0.3 is 5.97 Å². The van der Waals surface area contributed by atoms with Gasteiger partial charge < -0.3 is 10.1 Å². The van der Waals surface area contributed by atoms with E-state index in [9.17, 15) is 9.59 Å². The molecule has 2 N–H and O–H groups in total. The lowest BCUT2D eigenvalue weighted by molar-refractivity contribution is -0.151. The molecule has 0 aliphatic carbocycles. The molecule has 6 heteroatoms. The second-order valence-electron chi connectivity index (χ2n) is 6.06. The minimum Gasteiger partial charge on any atom is -0.465 e. The molecule has 1 fully saturated rings. The minimum atomic E-state index is -1.16. The summed E-state index contributed by atoms with van der Waals surface area (Å²) in [5.74, 6) is -0.614. The second kappa shape index (κ2) is 7.82. The third kappa shape index (κ3) is 3.74. The van der Waals surface area contributed by atoms with Crippen LogP contribution >= 0.6 is 0 Å². The quantitative estimate of drug-likeness (QED) is 0.383. The van der Waals surface area contributed by atoms with Crippen molar-refractivity contribution in [1.82, 2.24) is 5.32 Å². The molecule has 1 atom stereocenters. The number of cyclic esters (lactones) is 1. The minimum absolute atomic E-state index is 0.261. The van der Waals surface area contributed by atoms with E-state index >= 15 is 0 Å². The Kier molecular flexibility index (Phi) is 5.31. The van der Waals surface area contributed by atoms with Gasteiger partial charge in [0.15, 0.2) is 0 Å². The highest BCUT2D eigenvalue weighted by Gasteiger charge is 2.50. The molecular formula is C20H21N3O3. The number of benzene rings is 2. The molecule has 0 bridgehead atoms. The van der Waals surface area contributed by atoms with Crippen LogP contribution < -0.4 is 10.6 Å². The molecule has 1 aliphatic rings. The van der Waals surface area contributed by atoms with Crippen molar-refractivity contribution in [3.05, 3.63) is 60.7 Å². The van der Waals surface area contributed by atoms with E-state index in [2.05, 4.69) is 15.6 Å². The molecule has 134 valence electrons. The molecule has 0 radical (unpaired) electrons. The van der Waals surface area contributed by atoms with E-state index in [1.807, 2.05) is 67.6 Å². The molecule has 0 unspecified atom stereocenters. The van der Waals surface area contributed by atoms with Gasteiger partial charge in [-0.05, 0) is 30.7 Å². The molecule has 26 heavy (non-hydrogen) atoms. The van der Waals surface area contributed by atoms with E-state index < -0.39 is 17.3 Å². The smallest absolute Gasteiger partial charge is 0.321 e. The molecule has 6 nitrogen and oxygen atoms in total. The summed E-state index contributed by atoms with van der Waals surface area (Å²) in [4.78, 5) is 29.5. The molecule has 0 aromatic heterocycles. The van der Waals surface area contributed by atoms with Crippen molar-refractivity contribution in [2.45, 2.75) is 19.8 Å². The molecule has 0 saturated carbocycles. The number of carbonyl (C=O) groups is 2. The average Bonchev–Trinajstić information content (AvgIpc) is 3.05. The Balaban J connectivity index is 1.87. The lowest BCUT2D eigenvalue weighted by Gasteiger charge is -2.22. The Morgan fingerprint density at radius 3 is 2.35 bits per heavy atom. The summed E-state index contributed by atoms with van der Waals surface area (Å²) in [7, 11) is 0. The van der Waals surface area contributed by atoms with Gasteiger partial charge in [-0.15, -0.1) is 0 Å². The zero-order valence-electron chi connectivity index (χ0n) is 14.6. The Morgan fingerprint density at radius 2 is 1.77 bits per heavy atom. The molecular weight excluding hydrogens is 330 g/mol. The van der Waals surface area contributed by atoms with Crippen LogP contribution in [0.4, 0.5) is 11.4 Å². The first-order valence-corrected chi connectivity index (χ1v) is 8.58. The predicted octanol–water partition coefficient (Wildman–Crippen LogP) is 3.25. The van der Waals surface area contributed by atoms with E-state index in [1.54, 1.807) is 0 Å². The van der Waals surface area contributed by atoms with Gasteiger partial charge in [0.2, 0.25) is 11.9 Å². The van der Waals surface area contributed by atoms with Gasteiger partial charge in [0, 0.05) is 12.1 Å². The third-order valence-corrected chi connectivity index (χ3v) is 4.46. The van der Waals surface area contributed by atoms with Crippen LogP contribution in [0.5, 0.6) is 0 Å². The zero-order chi connectivity index (χ0) is 18.4. The van der Waals surface area contributed by atoms with Gasteiger partial charge in [-0.25, -0.2) is 4.99 Å². The average molecular weight is 351 g/mol. The highest BCUT2D eigenvalue weighted by molar-refractivity contribution is 6.13. The number of anilines is 1. The van der Waals surface area contributed by atoms with Crippen LogP contribution in [0.25, 0.3) is 0 Å². The highest BCUT2D eigenvalue weighted by Crippen LogP contribution is 2.33. The lowest BCUT2D eigenvalue weighted by Crippen LogP contribution is -2.48. The molecule has 1 amide bonds. The molecule has 1 heterocycles. The molecule has 2 aromatic rings. The van der Waals surface area contributed by atoms with Crippen molar-refractivity contribution in [2.75, 3.05) is 11.9 Å². The number of hydrogen-bond acceptors (Lipinski definition) is 4. The maximum absolute atomic E-state index is 12.9. The fourth-order valence-electron chi connectivity index (χ4n) is 2.85. The number of carbonyl (C=O) groups excluding carboxylic acids is 2. The summed E-state index contributed by atoms with van der Waals surface area (Å²) in [6.07, 6.45) is 0.750. The molecule has 2 aromatic carbocycles. The SMILES string of the molecule is CC[C@@]1(C(=O)NC(=Nc2ccccc2)Nc2ccccc2)CCOC1=O. The van der Waals surface area contributed by atoms with E-state index in [4.69, 9.17) is 4.74 Å². The van der Waals surface area contributed by atoms with Gasteiger partial charge in [0.05, 0.1) is 12.3 Å². The normalized spacial score (nSPS) is 19.7. The van der Waals surface area contributed by atoms with Crippen LogP contribution in [0.1, 0.15) is 19.8 Å². The van der Waals surface area contributed by atoms with Gasteiger partial charge in [0.25, 0.3) is 0 Å². The maximum atomic E-state index is 12.9. The van der Waals surface area contributed by atoms with Crippen LogP contribution in [-0.4, -0.2) is 24.4 Å². The summed E-state index contributed by atoms with van der Waals surface area (Å²) in [6.45, 7) is 2.07. The van der Waals surface area contributed by atoms with Gasteiger partial charge in [-0.1, -0.05) is 43.3 Å². The van der Waals surface area contributed by atoms with E-state index in [0.29, 0.717) is 18.5 Å². The number of rotatable bonds is 4. The molecule has 1 aliphatic heterocycles. The first kappa shape index (κ1) is 17.7. The maximum Gasteiger partial charge on any atom is 0.321 e. The summed E-state index contributed by atoms with van der Waals surface area (Å²) in [5, 5.41) is 5.88. The summed E-state index contributed by atoms with van der Waals surface area (Å²) < 4.78 is 5.04. The first-order chi connectivity index (χ1) is 12.6. The van der Waals surface area contributed by atoms with Crippen molar-refractivity contribution in [3.8, 4) is 0 Å². The van der Waals surface area contributed by atoms with Crippen molar-refractivity contribution in [3.63, 3.8) is 0 Å². The van der Waals surface area contributed by atoms with Crippen LogP contribution in [-0.2, 0) is 14.3 Å². The number of hydrogen-bond donors (Lipinski definition) is 2. The number of guanidine groups is 1. The Labute approximate surface area is 152 Å². The van der Waals surface area contributed by atoms with Gasteiger partial charge in [-0.2, -0.15) is 0 Å². The Bertz CT molecular complexity index is 806. The van der Waals surface area contributed by atoms with E-state index in [0.717, 1.165) is 5.69 Å². The molecule has 1 saturated heterocycles. The topological polar surface area (TPSA) is 79.8 Å². The number of ether oxygens (including phenoxy) is 1. The predicted molar refractivity (Wildman–Crippen MR) is 100 cm³/mol. The van der Waals surface area contributed by atoms with E-state index in [1.165, 1.54) is 0 Å². The number of nitrogens with one attached hydrogen (secondary N) is 2. The summed E-state index contributed by atoms with van der Waals surface area (Å²) in [6, 6.07) is 18.7. The van der Waals surface area contributed by atoms with Crippen molar-refractivity contribution < 1.29 is 14.3 Å². The van der Waals surface area contributed by atoms with Crippen LogP contribution in [0.3, 0.4) is 0 Å². The Hall–Kier alpha value is -3.15. The number of nitrogens with zero attached hydrogens (tertiary/aromatic N) is 1. The fourth-order valence-corrected chi connectivity index (χ4v) is 2.85. The monoisotopic (exact) mass is 351 g/mol. The summed E-state index contributed by atoms with van der Waals surface area (Å²) in [5.41, 5.74) is 0.309. The van der Waals surface area contributed by atoms with Crippen LogP contribution in [0, 0.1) is 5.41 Å². The van der Waals surface area contributed by atoms with Crippen LogP contribution in [0.15, 0.2) is 65.7 Å². The van der Waals surface area contributed by atoms with Crippen LogP contribution in [0.2, 0.25) is 0 Å². The fraction of sp³-hybridized carbons (Fsp3) is 0.250. The summed E-state index contributed by atoms with van der Waals surface area (Å²) >= 11 is 0. The first-order valence-electron chi connectivity index (χ1n) is 8.58. The number of esters is 1. The standard InChI is InChI=1S/C20H21N3O3/c1-2-20(13-14-26-18(20)25)17(24)23-19(21-15-9-5-3-6-10-15)22-16-11-7-4-8-12-16/h3-12H,2,13-14H2,1H3,(H2,21,22,23,24)/t20-/m0/s1. The molecule has 3 rings (SSSR count). The van der Waals surface area contributed by atoms with Gasteiger partial charge in [-0.3, -0.25) is 14.9 Å². The van der Waals surface area contributed by atoms with Crippen molar-refractivity contribution in [2.24, 2.45) is 10.4 Å². The Morgan fingerprint density at radius 1 is 1.12 bits per heavy atom. The largest absolute Gasteiger partial charge is 0.465 e.